The van der Waals surface area contributed by atoms with Gasteiger partial charge in [0.15, 0.2) is 22.8 Å². The highest BCUT2D eigenvalue weighted by Crippen LogP contribution is 2.27. The third-order valence-electron chi connectivity index (χ3n) is 3.56. The van der Waals surface area contributed by atoms with Gasteiger partial charge in [-0.3, -0.25) is 4.79 Å². The van der Waals surface area contributed by atoms with Crippen LogP contribution in [0.5, 0.6) is 11.5 Å². The summed E-state index contributed by atoms with van der Waals surface area (Å²) in [6.07, 6.45) is 4.07. The number of carbonyl (C=O) groups is 1. The number of aliphatic hydroxyl groups excluding tert-OH is 1. The first-order valence-corrected chi connectivity index (χ1v) is 8.84. The molecule has 1 atom stereocenters. The van der Waals surface area contributed by atoms with Gasteiger partial charge in [0.2, 0.25) is 0 Å². The molecule has 0 aliphatic heterocycles. The van der Waals surface area contributed by atoms with Crippen LogP contribution >= 0.6 is 11.8 Å². The minimum absolute atomic E-state index is 0.362. The van der Waals surface area contributed by atoms with E-state index in [1.54, 1.807) is 14.2 Å². The van der Waals surface area contributed by atoms with E-state index in [-0.39, 0.29) is 0 Å². The Kier molecular flexibility index (Phi) is 7.03. The fraction of sp³-hybridized carbons (Fsp3) is 0.353. The first-order chi connectivity index (χ1) is 12.1. The number of nitrogens with zero attached hydrogens (tertiary/aromatic N) is 2. The summed E-state index contributed by atoms with van der Waals surface area (Å²) in [4.78, 5) is 20.1. The monoisotopic (exact) mass is 363 g/mol. The first-order valence-electron chi connectivity index (χ1n) is 7.61. The van der Waals surface area contributed by atoms with E-state index in [1.807, 2.05) is 24.5 Å². The zero-order chi connectivity index (χ0) is 18.2. The van der Waals surface area contributed by atoms with Gasteiger partial charge in [-0.2, -0.15) is 0 Å². The molecule has 2 aromatic rings. The highest BCUT2D eigenvalue weighted by Gasteiger charge is 2.17. The molecular weight excluding hydrogens is 342 g/mol. The van der Waals surface area contributed by atoms with Gasteiger partial charge in [0.1, 0.15) is 0 Å². The van der Waals surface area contributed by atoms with Crippen molar-refractivity contribution >= 4 is 17.7 Å². The van der Waals surface area contributed by atoms with Gasteiger partial charge in [0.25, 0.3) is 5.91 Å². The van der Waals surface area contributed by atoms with Crippen LogP contribution in [-0.4, -0.2) is 48.0 Å². The molecule has 25 heavy (non-hydrogen) atoms. The largest absolute Gasteiger partial charge is 0.493 e. The number of ether oxygens (including phenoxy) is 2. The van der Waals surface area contributed by atoms with Crippen LogP contribution in [0, 0.1) is 0 Å². The molecule has 134 valence electrons. The molecule has 1 aromatic carbocycles. The Balaban J connectivity index is 1.89. The molecule has 7 nitrogen and oxygen atoms in total. The maximum atomic E-state index is 12.0. The Hall–Kier alpha value is -2.32. The molecule has 2 N–H and O–H groups in total. The Morgan fingerprint density at radius 2 is 1.92 bits per heavy atom. The third kappa shape index (κ3) is 5.07. The van der Waals surface area contributed by atoms with Crippen molar-refractivity contribution in [2.24, 2.45) is 0 Å². The van der Waals surface area contributed by atoms with Gasteiger partial charge in [-0.15, -0.1) is 0 Å². The number of hydrogen-bond donors (Lipinski definition) is 2. The van der Waals surface area contributed by atoms with Crippen molar-refractivity contribution in [1.82, 2.24) is 15.3 Å². The average molecular weight is 363 g/mol. The second-order valence-corrected chi connectivity index (χ2v) is 5.91. The number of methoxy groups -OCH3 is 2. The van der Waals surface area contributed by atoms with E-state index in [4.69, 9.17) is 9.47 Å². The first kappa shape index (κ1) is 19.0. The second-order valence-electron chi connectivity index (χ2n) is 5.14. The van der Waals surface area contributed by atoms with Gasteiger partial charge >= 0.3 is 0 Å². The van der Waals surface area contributed by atoms with Crippen molar-refractivity contribution in [2.45, 2.75) is 17.7 Å². The highest BCUT2D eigenvalue weighted by atomic mass is 32.2. The summed E-state index contributed by atoms with van der Waals surface area (Å²) >= 11 is 1.39. The van der Waals surface area contributed by atoms with E-state index in [9.17, 15) is 9.90 Å². The molecule has 0 aliphatic rings. The maximum absolute atomic E-state index is 12.0. The number of benzene rings is 1. The molecule has 2 rings (SSSR count). The SMILES string of the molecule is COc1ccc(CCNC(=O)C(O)c2cnc(SC)nc2)cc1OC. The normalized spacial score (nSPS) is 11.7. The van der Waals surface area contributed by atoms with Crippen LogP contribution in [-0.2, 0) is 11.2 Å². The Morgan fingerprint density at radius 1 is 1.24 bits per heavy atom. The minimum Gasteiger partial charge on any atom is -0.493 e. The van der Waals surface area contributed by atoms with Crippen LogP contribution in [0.2, 0.25) is 0 Å². The summed E-state index contributed by atoms with van der Waals surface area (Å²) in [5.74, 6) is 0.803. The smallest absolute Gasteiger partial charge is 0.253 e. The number of nitrogens with one attached hydrogen (secondary N) is 1. The van der Waals surface area contributed by atoms with E-state index >= 15 is 0 Å². The Bertz CT molecular complexity index is 710. The summed E-state index contributed by atoms with van der Waals surface area (Å²) in [6, 6.07) is 5.57. The van der Waals surface area contributed by atoms with Gasteiger partial charge in [0, 0.05) is 24.5 Å². The van der Waals surface area contributed by atoms with Crippen molar-refractivity contribution in [3.8, 4) is 11.5 Å². The number of rotatable bonds is 8. The second kappa shape index (κ2) is 9.24. The van der Waals surface area contributed by atoms with Crippen LogP contribution in [0.3, 0.4) is 0 Å². The number of amides is 1. The fourth-order valence-electron chi connectivity index (χ4n) is 2.19. The van der Waals surface area contributed by atoms with Crippen molar-refractivity contribution in [1.29, 1.82) is 0 Å². The predicted molar refractivity (Wildman–Crippen MR) is 95.0 cm³/mol. The van der Waals surface area contributed by atoms with E-state index < -0.39 is 12.0 Å². The lowest BCUT2D eigenvalue weighted by Gasteiger charge is -2.12. The number of hydrogen-bond acceptors (Lipinski definition) is 7. The summed E-state index contributed by atoms with van der Waals surface area (Å²) in [6.45, 7) is 0.384. The summed E-state index contributed by atoms with van der Waals surface area (Å²) in [5.41, 5.74) is 1.35. The van der Waals surface area contributed by atoms with Gasteiger partial charge in [-0.25, -0.2) is 9.97 Å². The number of aromatic nitrogens is 2. The topological polar surface area (TPSA) is 93.6 Å². The molecule has 0 fully saturated rings. The van der Waals surface area contributed by atoms with E-state index in [2.05, 4.69) is 15.3 Å². The molecule has 0 radical (unpaired) electrons. The standard InChI is InChI=1S/C17H21N3O4S/c1-23-13-5-4-11(8-14(13)24-2)6-7-18-16(22)15(21)12-9-19-17(25-3)20-10-12/h4-5,8-10,15,21H,6-7H2,1-3H3,(H,18,22). The lowest BCUT2D eigenvalue weighted by Crippen LogP contribution is -2.31. The van der Waals surface area contributed by atoms with Crippen LogP contribution in [0.1, 0.15) is 17.2 Å². The lowest BCUT2D eigenvalue weighted by molar-refractivity contribution is -0.129. The minimum atomic E-state index is -1.29. The zero-order valence-electron chi connectivity index (χ0n) is 14.4. The van der Waals surface area contributed by atoms with Crippen molar-refractivity contribution in [3.63, 3.8) is 0 Å². The molecule has 0 spiro atoms. The molecule has 1 unspecified atom stereocenters. The molecule has 0 saturated heterocycles. The average Bonchev–Trinajstić information content (AvgIpc) is 2.67. The van der Waals surface area contributed by atoms with Crippen LogP contribution in [0.15, 0.2) is 35.7 Å². The van der Waals surface area contributed by atoms with Crippen molar-refractivity contribution in [3.05, 3.63) is 41.7 Å². The van der Waals surface area contributed by atoms with Gasteiger partial charge in [-0.05, 0) is 30.4 Å². The van der Waals surface area contributed by atoms with Crippen LogP contribution < -0.4 is 14.8 Å². The Labute approximate surface area is 150 Å². The molecule has 8 heteroatoms. The maximum Gasteiger partial charge on any atom is 0.253 e. The third-order valence-corrected chi connectivity index (χ3v) is 4.13. The quantitative estimate of drug-likeness (QED) is 0.543. The van der Waals surface area contributed by atoms with E-state index in [1.165, 1.54) is 24.2 Å². The molecular formula is C17H21N3O4S. The van der Waals surface area contributed by atoms with Crippen molar-refractivity contribution in [2.75, 3.05) is 27.0 Å². The van der Waals surface area contributed by atoms with Gasteiger partial charge in [-0.1, -0.05) is 17.8 Å². The Morgan fingerprint density at radius 3 is 2.52 bits per heavy atom. The van der Waals surface area contributed by atoms with Gasteiger partial charge < -0.3 is 19.9 Å². The van der Waals surface area contributed by atoms with Crippen molar-refractivity contribution < 1.29 is 19.4 Å². The molecule has 0 saturated carbocycles. The number of aliphatic hydroxyl groups is 1. The van der Waals surface area contributed by atoms with Gasteiger partial charge in [0.05, 0.1) is 14.2 Å². The van der Waals surface area contributed by atoms with E-state index in [0.29, 0.717) is 35.2 Å². The lowest BCUT2D eigenvalue weighted by atomic mass is 10.1. The summed E-state index contributed by atoms with van der Waals surface area (Å²) < 4.78 is 10.4. The summed E-state index contributed by atoms with van der Waals surface area (Å²) in [7, 11) is 3.15. The molecule has 0 aliphatic carbocycles. The highest BCUT2D eigenvalue weighted by molar-refractivity contribution is 7.98. The molecule has 1 heterocycles. The fourth-order valence-corrected chi connectivity index (χ4v) is 2.50. The molecule has 1 aromatic heterocycles. The van der Waals surface area contributed by atoms with E-state index in [0.717, 1.165) is 5.56 Å². The van der Waals surface area contributed by atoms with Crippen LogP contribution in [0.25, 0.3) is 0 Å². The summed E-state index contributed by atoms with van der Waals surface area (Å²) in [5, 5.41) is 13.4. The van der Waals surface area contributed by atoms with Crippen LogP contribution in [0.4, 0.5) is 0 Å². The number of carbonyl (C=O) groups excluding carboxylic acids is 1. The molecule has 1 amide bonds. The number of thioether (sulfide) groups is 1. The zero-order valence-corrected chi connectivity index (χ0v) is 15.2. The molecule has 0 bridgehead atoms. The predicted octanol–water partition coefficient (Wildman–Crippen LogP) is 1.61.